The third-order valence-corrected chi connectivity index (χ3v) is 3.68. The van der Waals surface area contributed by atoms with Crippen molar-refractivity contribution in [3.05, 3.63) is 57.5 Å². The molecule has 0 amide bonds. The van der Waals surface area contributed by atoms with Gasteiger partial charge in [0.05, 0.1) is 0 Å². The molecule has 0 atom stereocenters. The lowest BCUT2D eigenvalue weighted by molar-refractivity contribution is 0.727. The molecule has 0 saturated heterocycles. The lowest BCUT2D eigenvalue weighted by atomic mass is 10.0. The normalized spacial score (nSPS) is 10.6. The van der Waals surface area contributed by atoms with Gasteiger partial charge in [-0.15, -0.1) is 0 Å². The minimum Gasteiger partial charge on any atom is -0.313 e. The average molecular weight is 325 g/mol. The van der Waals surface area contributed by atoms with Crippen LogP contribution in [0.4, 0.5) is 0 Å². The van der Waals surface area contributed by atoms with Crippen LogP contribution in [0, 0.1) is 0 Å². The van der Waals surface area contributed by atoms with E-state index >= 15 is 0 Å². The molecule has 0 aliphatic heterocycles. The third-order valence-electron chi connectivity index (χ3n) is 2.80. The van der Waals surface area contributed by atoms with Crippen molar-refractivity contribution in [2.24, 2.45) is 0 Å². The summed E-state index contributed by atoms with van der Waals surface area (Å²) in [4.78, 5) is 0. The summed E-state index contributed by atoms with van der Waals surface area (Å²) in [5.41, 5.74) is 3.46. The first-order valence-corrected chi connectivity index (χ1v) is 7.13. The smallest absolute Gasteiger partial charge is 0.0457 e. The Hall–Kier alpha value is -0.830. The first-order valence-electron chi connectivity index (χ1n) is 5.96. The van der Waals surface area contributed by atoms with Gasteiger partial charge in [-0.25, -0.2) is 0 Å². The van der Waals surface area contributed by atoms with E-state index in [1.54, 1.807) is 0 Å². The average Bonchev–Trinajstić information content (AvgIpc) is 2.38. The Morgan fingerprint density at radius 1 is 1.06 bits per heavy atom. The van der Waals surface area contributed by atoms with Crippen LogP contribution >= 0.6 is 27.5 Å². The van der Waals surface area contributed by atoms with Crippen molar-refractivity contribution in [2.45, 2.75) is 13.5 Å². The van der Waals surface area contributed by atoms with Crippen molar-refractivity contribution in [3.8, 4) is 11.1 Å². The molecule has 1 N–H and O–H groups in total. The Kier molecular flexibility index (Phi) is 4.81. The Bertz CT molecular complexity index is 523. The summed E-state index contributed by atoms with van der Waals surface area (Å²) in [6.07, 6.45) is 0. The summed E-state index contributed by atoms with van der Waals surface area (Å²) in [5.74, 6) is 0. The van der Waals surface area contributed by atoms with Gasteiger partial charge in [-0.2, -0.15) is 0 Å². The molecule has 2 rings (SSSR count). The molecule has 18 heavy (non-hydrogen) atoms. The van der Waals surface area contributed by atoms with Crippen LogP contribution in [0.3, 0.4) is 0 Å². The first-order chi connectivity index (χ1) is 8.70. The van der Waals surface area contributed by atoms with Gasteiger partial charge in [-0.05, 0) is 41.4 Å². The summed E-state index contributed by atoms with van der Waals surface area (Å²) in [7, 11) is 0. The lowest BCUT2D eigenvalue weighted by Crippen LogP contribution is -2.11. The van der Waals surface area contributed by atoms with Crippen molar-refractivity contribution < 1.29 is 0 Å². The zero-order valence-electron chi connectivity index (χ0n) is 10.2. The quantitative estimate of drug-likeness (QED) is 0.845. The Balaban J connectivity index is 2.25. The Labute approximate surface area is 121 Å². The molecule has 0 radical (unpaired) electrons. The summed E-state index contributed by atoms with van der Waals surface area (Å²) >= 11 is 9.74. The number of hydrogen-bond acceptors (Lipinski definition) is 1. The predicted molar refractivity (Wildman–Crippen MR) is 82.0 cm³/mol. The highest BCUT2D eigenvalue weighted by molar-refractivity contribution is 9.10. The van der Waals surface area contributed by atoms with Crippen LogP contribution in [0.5, 0.6) is 0 Å². The zero-order valence-corrected chi connectivity index (χ0v) is 12.6. The van der Waals surface area contributed by atoms with E-state index < -0.39 is 0 Å². The molecule has 0 saturated carbocycles. The van der Waals surface area contributed by atoms with Gasteiger partial charge in [0.1, 0.15) is 0 Å². The van der Waals surface area contributed by atoms with E-state index in [0.29, 0.717) is 0 Å². The largest absolute Gasteiger partial charge is 0.313 e. The number of rotatable bonds is 4. The second-order valence-electron chi connectivity index (χ2n) is 4.09. The zero-order chi connectivity index (χ0) is 13.0. The van der Waals surface area contributed by atoms with Crippen molar-refractivity contribution in [3.63, 3.8) is 0 Å². The van der Waals surface area contributed by atoms with E-state index in [-0.39, 0.29) is 0 Å². The van der Waals surface area contributed by atoms with Crippen LogP contribution in [0.1, 0.15) is 12.5 Å². The molecule has 0 unspecified atom stereocenters. The minimum absolute atomic E-state index is 0.815. The third kappa shape index (κ3) is 3.35. The van der Waals surface area contributed by atoms with Crippen LogP contribution in [0.15, 0.2) is 46.9 Å². The summed E-state index contributed by atoms with van der Waals surface area (Å²) in [6.45, 7) is 3.85. The molecule has 0 heterocycles. The summed E-state index contributed by atoms with van der Waals surface area (Å²) in [5, 5.41) is 4.10. The number of hydrogen-bond donors (Lipinski definition) is 1. The van der Waals surface area contributed by atoms with Crippen LogP contribution in [0.25, 0.3) is 11.1 Å². The molecule has 0 aliphatic carbocycles. The SMILES string of the molecule is CCNCc1ccc(-c2ccc(Br)cc2)cc1Cl. The molecule has 0 spiro atoms. The molecule has 1 nitrogen and oxygen atoms in total. The molecule has 2 aromatic rings. The monoisotopic (exact) mass is 323 g/mol. The fraction of sp³-hybridized carbons (Fsp3) is 0.200. The lowest BCUT2D eigenvalue weighted by Gasteiger charge is -2.08. The maximum Gasteiger partial charge on any atom is 0.0457 e. The van der Waals surface area contributed by atoms with Gasteiger partial charge in [0, 0.05) is 16.0 Å². The van der Waals surface area contributed by atoms with E-state index in [0.717, 1.165) is 33.7 Å². The first kappa shape index (κ1) is 13.6. The highest BCUT2D eigenvalue weighted by Gasteiger charge is 2.03. The van der Waals surface area contributed by atoms with Crippen LogP contribution < -0.4 is 5.32 Å². The van der Waals surface area contributed by atoms with E-state index in [1.807, 2.05) is 18.2 Å². The molecule has 94 valence electrons. The van der Waals surface area contributed by atoms with Gasteiger partial charge in [0.2, 0.25) is 0 Å². The predicted octanol–water partition coefficient (Wildman–Crippen LogP) is 4.88. The van der Waals surface area contributed by atoms with Gasteiger partial charge in [0.15, 0.2) is 0 Å². The summed E-state index contributed by atoms with van der Waals surface area (Å²) < 4.78 is 1.08. The van der Waals surface area contributed by atoms with E-state index in [1.165, 1.54) is 5.56 Å². The Morgan fingerprint density at radius 2 is 1.72 bits per heavy atom. The molecule has 3 heteroatoms. The van der Waals surface area contributed by atoms with E-state index in [2.05, 4.69) is 52.4 Å². The van der Waals surface area contributed by atoms with Crippen LogP contribution in [-0.4, -0.2) is 6.54 Å². The molecule has 0 aromatic heterocycles. The summed E-state index contributed by atoms with van der Waals surface area (Å²) in [6, 6.07) is 14.5. The maximum absolute atomic E-state index is 6.30. The highest BCUT2D eigenvalue weighted by atomic mass is 79.9. The molecule has 2 aromatic carbocycles. The second-order valence-corrected chi connectivity index (χ2v) is 5.42. The number of halogens is 2. The van der Waals surface area contributed by atoms with E-state index in [4.69, 9.17) is 11.6 Å². The minimum atomic E-state index is 0.815. The second kappa shape index (κ2) is 6.37. The van der Waals surface area contributed by atoms with Crippen LogP contribution in [0.2, 0.25) is 5.02 Å². The fourth-order valence-corrected chi connectivity index (χ4v) is 2.28. The maximum atomic E-state index is 6.30. The van der Waals surface area contributed by atoms with E-state index in [9.17, 15) is 0 Å². The van der Waals surface area contributed by atoms with Gasteiger partial charge in [-0.1, -0.05) is 58.7 Å². The molecular weight excluding hydrogens is 310 g/mol. The van der Waals surface area contributed by atoms with Gasteiger partial charge in [-0.3, -0.25) is 0 Å². The van der Waals surface area contributed by atoms with Crippen LogP contribution in [-0.2, 0) is 6.54 Å². The van der Waals surface area contributed by atoms with Gasteiger partial charge in [0.25, 0.3) is 0 Å². The van der Waals surface area contributed by atoms with Crippen molar-refractivity contribution >= 4 is 27.5 Å². The molecule has 0 bridgehead atoms. The van der Waals surface area contributed by atoms with Gasteiger partial charge < -0.3 is 5.32 Å². The number of nitrogens with one attached hydrogen (secondary N) is 1. The molecule has 0 fully saturated rings. The number of benzene rings is 2. The standard InChI is InChI=1S/C15H15BrClN/c1-2-18-10-13-4-3-12(9-15(13)17)11-5-7-14(16)8-6-11/h3-9,18H,2,10H2,1H3. The highest BCUT2D eigenvalue weighted by Crippen LogP contribution is 2.26. The van der Waals surface area contributed by atoms with Crippen molar-refractivity contribution in [2.75, 3.05) is 6.54 Å². The molecular formula is C15H15BrClN. The fourth-order valence-electron chi connectivity index (χ4n) is 1.77. The topological polar surface area (TPSA) is 12.0 Å². The van der Waals surface area contributed by atoms with Gasteiger partial charge >= 0.3 is 0 Å². The van der Waals surface area contributed by atoms with Crippen molar-refractivity contribution in [1.82, 2.24) is 5.32 Å². The molecule has 0 aliphatic rings. The van der Waals surface area contributed by atoms with Crippen molar-refractivity contribution in [1.29, 1.82) is 0 Å². The Morgan fingerprint density at radius 3 is 2.33 bits per heavy atom.